The number of rotatable bonds is 7. The molecule has 0 fully saturated rings. The summed E-state index contributed by atoms with van der Waals surface area (Å²) >= 11 is 5.14. The van der Waals surface area contributed by atoms with Gasteiger partial charge < -0.3 is 15.4 Å². The molecule has 94 valence electrons. The molecule has 0 spiro atoms. The number of aromatic nitrogens is 1. The van der Waals surface area contributed by atoms with Gasteiger partial charge in [-0.1, -0.05) is 0 Å². The van der Waals surface area contributed by atoms with E-state index >= 15 is 0 Å². The molecular formula is C12H19N3OS. The van der Waals surface area contributed by atoms with Crippen LogP contribution in [0.5, 0.6) is 0 Å². The Balaban J connectivity index is 2.04. The Kier molecular flexibility index (Phi) is 7.25. The first-order valence-corrected chi connectivity index (χ1v) is 6.13. The van der Waals surface area contributed by atoms with Crippen molar-refractivity contribution in [2.45, 2.75) is 12.8 Å². The second-order valence-electron chi connectivity index (χ2n) is 3.63. The van der Waals surface area contributed by atoms with Crippen LogP contribution in [0.4, 0.5) is 0 Å². The summed E-state index contributed by atoms with van der Waals surface area (Å²) in [5, 5.41) is 7.00. The van der Waals surface area contributed by atoms with Crippen molar-refractivity contribution in [3.05, 3.63) is 30.1 Å². The zero-order valence-electron chi connectivity index (χ0n) is 10.1. The molecule has 0 aliphatic heterocycles. The van der Waals surface area contributed by atoms with E-state index in [-0.39, 0.29) is 0 Å². The lowest BCUT2D eigenvalue weighted by molar-refractivity contribution is 0.195. The van der Waals surface area contributed by atoms with E-state index in [1.807, 2.05) is 12.1 Å². The zero-order chi connectivity index (χ0) is 12.3. The fraction of sp³-hybridized carbons (Fsp3) is 0.500. The molecule has 1 rings (SSSR count). The molecule has 0 aromatic carbocycles. The normalized spacial score (nSPS) is 9.94. The molecule has 0 saturated heterocycles. The summed E-state index contributed by atoms with van der Waals surface area (Å²) < 4.78 is 4.95. The number of methoxy groups -OCH3 is 1. The van der Waals surface area contributed by atoms with Gasteiger partial charge in [0.15, 0.2) is 5.11 Å². The third-order valence-corrected chi connectivity index (χ3v) is 2.55. The zero-order valence-corrected chi connectivity index (χ0v) is 10.9. The number of pyridine rings is 1. The fourth-order valence-electron chi connectivity index (χ4n) is 1.35. The Morgan fingerprint density at radius 3 is 2.71 bits per heavy atom. The van der Waals surface area contributed by atoms with Crippen LogP contribution in [0, 0.1) is 0 Å². The van der Waals surface area contributed by atoms with Gasteiger partial charge in [0.2, 0.25) is 0 Å². The average molecular weight is 253 g/mol. The van der Waals surface area contributed by atoms with Gasteiger partial charge in [-0.15, -0.1) is 0 Å². The van der Waals surface area contributed by atoms with Gasteiger partial charge in [-0.25, -0.2) is 0 Å². The van der Waals surface area contributed by atoms with E-state index in [1.165, 1.54) is 5.56 Å². The maximum absolute atomic E-state index is 5.14. The highest BCUT2D eigenvalue weighted by molar-refractivity contribution is 7.80. The lowest BCUT2D eigenvalue weighted by Gasteiger charge is -2.10. The Morgan fingerprint density at radius 2 is 2.00 bits per heavy atom. The third-order valence-electron chi connectivity index (χ3n) is 2.26. The number of nitrogens with zero attached hydrogens (tertiary/aromatic N) is 1. The summed E-state index contributed by atoms with van der Waals surface area (Å²) in [5.74, 6) is 0. The molecule has 1 aromatic rings. The van der Waals surface area contributed by atoms with Crippen LogP contribution < -0.4 is 10.6 Å². The lowest BCUT2D eigenvalue weighted by atomic mass is 10.2. The summed E-state index contributed by atoms with van der Waals surface area (Å²) in [6.45, 7) is 2.43. The van der Waals surface area contributed by atoms with Crippen LogP contribution >= 0.6 is 12.2 Å². The fourth-order valence-corrected chi connectivity index (χ4v) is 1.55. The Labute approximate surface area is 108 Å². The molecule has 1 aromatic heterocycles. The molecule has 0 unspecified atom stereocenters. The Morgan fingerprint density at radius 1 is 1.29 bits per heavy atom. The van der Waals surface area contributed by atoms with Gasteiger partial charge in [-0.05, 0) is 42.8 Å². The molecular weight excluding hydrogens is 234 g/mol. The van der Waals surface area contributed by atoms with Crippen molar-refractivity contribution in [2.75, 3.05) is 26.8 Å². The quantitative estimate of drug-likeness (QED) is 0.563. The van der Waals surface area contributed by atoms with Gasteiger partial charge in [-0.2, -0.15) is 0 Å². The maximum Gasteiger partial charge on any atom is 0.166 e. The van der Waals surface area contributed by atoms with E-state index in [9.17, 15) is 0 Å². The predicted octanol–water partition coefficient (Wildman–Crippen LogP) is 1.12. The summed E-state index contributed by atoms with van der Waals surface area (Å²) in [6, 6.07) is 4.02. The van der Waals surface area contributed by atoms with Crippen molar-refractivity contribution in [1.82, 2.24) is 15.6 Å². The van der Waals surface area contributed by atoms with Crippen molar-refractivity contribution in [1.29, 1.82) is 0 Å². The Hall–Kier alpha value is -1.20. The van der Waals surface area contributed by atoms with Crippen molar-refractivity contribution >= 4 is 17.3 Å². The molecule has 17 heavy (non-hydrogen) atoms. The average Bonchev–Trinajstić information content (AvgIpc) is 2.36. The van der Waals surface area contributed by atoms with E-state index in [1.54, 1.807) is 19.5 Å². The molecule has 2 N–H and O–H groups in total. The largest absolute Gasteiger partial charge is 0.385 e. The lowest BCUT2D eigenvalue weighted by Crippen LogP contribution is -2.37. The van der Waals surface area contributed by atoms with Crippen molar-refractivity contribution in [2.24, 2.45) is 0 Å². The molecule has 0 saturated carbocycles. The van der Waals surface area contributed by atoms with Crippen LogP contribution in [0.1, 0.15) is 12.0 Å². The Bertz CT molecular complexity index is 319. The van der Waals surface area contributed by atoms with Crippen LogP contribution in [-0.2, 0) is 11.2 Å². The number of hydrogen-bond acceptors (Lipinski definition) is 3. The molecule has 5 heteroatoms. The van der Waals surface area contributed by atoms with Gasteiger partial charge >= 0.3 is 0 Å². The first kappa shape index (κ1) is 13.9. The highest BCUT2D eigenvalue weighted by Gasteiger charge is 1.95. The van der Waals surface area contributed by atoms with Crippen molar-refractivity contribution < 1.29 is 4.74 Å². The number of nitrogens with one attached hydrogen (secondary N) is 2. The first-order chi connectivity index (χ1) is 8.33. The van der Waals surface area contributed by atoms with Gasteiger partial charge in [0.25, 0.3) is 0 Å². The van der Waals surface area contributed by atoms with E-state index in [4.69, 9.17) is 17.0 Å². The minimum atomic E-state index is 0.704. The maximum atomic E-state index is 5.14. The van der Waals surface area contributed by atoms with Gasteiger partial charge in [0.05, 0.1) is 0 Å². The highest BCUT2D eigenvalue weighted by atomic mass is 32.1. The molecule has 0 amide bonds. The van der Waals surface area contributed by atoms with Crippen LogP contribution in [0.25, 0.3) is 0 Å². The van der Waals surface area contributed by atoms with Gasteiger partial charge in [0.1, 0.15) is 0 Å². The SMILES string of the molecule is COCCCNC(=S)NCCc1ccncc1. The second-order valence-corrected chi connectivity index (χ2v) is 4.04. The molecule has 4 nitrogen and oxygen atoms in total. The molecule has 1 heterocycles. The smallest absolute Gasteiger partial charge is 0.166 e. The number of hydrogen-bond donors (Lipinski definition) is 2. The summed E-state index contributed by atoms with van der Waals surface area (Å²) in [5.41, 5.74) is 1.26. The highest BCUT2D eigenvalue weighted by Crippen LogP contribution is 1.95. The van der Waals surface area contributed by atoms with Gasteiger partial charge in [-0.3, -0.25) is 4.98 Å². The van der Waals surface area contributed by atoms with E-state index in [0.717, 1.165) is 32.5 Å². The van der Waals surface area contributed by atoms with Crippen LogP contribution in [0.15, 0.2) is 24.5 Å². The molecule has 0 atom stereocenters. The van der Waals surface area contributed by atoms with E-state index in [2.05, 4.69) is 15.6 Å². The topological polar surface area (TPSA) is 46.2 Å². The molecule has 0 aliphatic rings. The van der Waals surface area contributed by atoms with Gasteiger partial charge in [0, 0.05) is 39.2 Å². The van der Waals surface area contributed by atoms with Crippen LogP contribution in [-0.4, -0.2) is 36.9 Å². The minimum Gasteiger partial charge on any atom is -0.385 e. The third kappa shape index (κ3) is 6.86. The standard InChI is InChI=1S/C12H19N3OS/c1-16-10-2-6-14-12(17)15-9-5-11-3-7-13-8-4-11/h3-4,7-8H,2,5-6,9-10H2,1H3,(H2,14,15,17). The number of ether oxygens (including phenoxy) is 1. The van der Waals surface area contributed by atoms with Crippen molar-refractivity contribution in [3.63, 3.8) is 0 Å². The van der Waals surface area contributed by atoms with E-state index < -0.39 is 0 Å². The number of thiocarbonyl (C=S) groups is 1. The summed E-state index contributed by atoms with van der Waals surface area (Å²) in [7, 11) is 1.70. The van der Waals surface area contributed by atoms with Crippen LogP contribution in [0.2, 0.25) is 0 Å². The molecule has 0 radical (unpaired) electrons. The predicted molar refractivity (Wildman–Crippen MR) is 73.0 cm³/mol. The second kappa shape index (κ2) is 8.90. The summed E-state index contributed by atoms with van der Waals surface area (Å²) in [4.78, 5) is 3.98. The first-order valence-electron chi connectivity index (χ1n) is 5.72. The van der Waals surface area contributed by atoms with Crippen molar-refractivity contribution in [3.8, 4) is 0 Å². The molecule has 0 bridgehead atoms. The molecule has 0 aliphatic carbocycles. The summed E-state index contributed by atoms with van der Waals surface area (Å²) in [6.07, 6.45) is 5.51. The van der Waals surface area contributed by atoms with E-state index in [0.29, 0.717) is 5.11 Å². The van der Waals surface area contributed by atoms with Crippen LogP contribution in [0.3, 0.4) is 0 Å². The monoisotopic (exact) mass is 253 g/mol. The minimum absolute atomic E-state index is 0.704.